The van der Waals surface area contributed by atoms with E-state index in [-0.39, 0.29) is 6.04 Å². The highest BCUT2D eigenvalue weighted by molar-refractivity contribution is 5.35. The van der Waals surface area contributed by atoms with Gasteiger partial charge in [-0.25, -0.2) is 0 Å². The van der Waals surface area contributed by atoms with E-state index in [1.165, 1.54) is 0 Å². The van der Waals surface area contributed by atoms with Crippen LogP contribution in [0, 0.1) is 13.8 Å². The average molecular weight is 193 g/mol. The molecular formula is C12H19NO. The van der Waals surface area contributed by atoms with Crippen molar-refractivity contribution in [2.75, 3.05) is 0 Å². The summed E-state index contributed by atoms with van der Waals surface area (Å²) in [6.07, 6.45) is 0. The molecule has 2 atom stereocenters. The lowest BCUT2D eigenvalue weighted by molar-refractivity contribution is 0.0342. The van der Waals surface area contributed by atoms with Gasteiger partial charge in [0.2, 0.25) is 0 Å². The Hall–Kier alpha value is -0.860. The van der Waals surface area contributed by atoms with Gasteiger partial charge in [0, 0.05) is 6.04 Å². The molecule has 1 aromatic carbocycles. The fraction of sp³-hybridized carbons (Fsp3) is 0.500. The molecule has 2 unspecified atom stereocenters. The van der Waals surface area contributed by atoms with Gasteiger partial charge < -0.3 is 10.8 Å². The van der Waals surface area contributed by atoms with Gasteiger partial charge in [0.15, 0.2) is 0 Å². The van der Waals surface area contributed by atoms with E-state index in [2.05, 4.69) is 0 Å². The standard InChI is InChI=1S/C12H19NO/c1-8-5-6-9(2)11(7-8)12(4,14)10(3)13/h5-7,10,14H,13H2,1-4H3. The summed E-state index contributed by atoms with van der Waals surface area (Å²) < 4.78 is 0. The second-order valence-electron chi connectivity index (χ2n) is 4.25. The molecule has 0 aliphatic heterocycles. The number of rotatable bonds is 2. The highest BCUT2D eigenvalue weighted by atomic mass is 16.3. The Morgan fingerprint density at radius 2 is 1.93 bits per heavy atom. The molecule has 0 spiro atoms. The minimum atomic E-state index is -0.948. The van der Waals surface area contributed by atoms with E-state index in [0.717, 1.165) is 16.7 Å². The summed E-state index contributed by atoms with van der Waals surface area (Å²) >= 11 is 0. The average Bonchev–Trinajstić information content (AvgIpc) is 2.08. The van der Waals surface area contributed by atoms with Gasteiger partial charge in [-0.2, -0.15) is 0 Å². The highest BCUT2D eigenvalue weighted by Crippen LogP contribution is 2.27. The minimum absolute atomic E-state index is 0.275. The van der Waals surface area contributed by atoms with Gasteiger partial charge in [0.25, 0.3) is 0 Å². The maximum absolute atomic E-state index is 10.2. The maximum atomic E-state index is 10.2. The summed E-state index contributed by atoms with van der Waals surface area (Å²) in [5.41, 5.74) is 7.97. The van der Waals surface area contributed by atoms with E-state index in [1.54, 1.807) is 6.92 Å². The Bertz CT molecular complexity index is 329. The normalized spacial score (nSPS) is 17.6. The molecular weight excluding hydrogens is 174 g/mol. The summed E-state index contributed by atoms with van der Waals surface area (Å²) in [5, 5.41) is 10.2. The van der Waals surface area contributed by atoms with Gasteiger partial charge in [-0.1, -0.05) is 23.8 Å². The molecule has 78 valence electrons. The van der Waals surface area contributed by atoms with Crippen molar-refractivity contribution in [3.63, 3.8) is 0 Å². The molecule has 1 aromatic rings. The molecule has 2 nitrogen and oxygen atoms in total. The number of aliphatic hydroxyl groups is 1. The molecule has 3 N–H and O–H groups in total. The fourth-order valence-electron chi connectivity index (χ4n) is 1.53. The first-order chi connectivity index (χ1) is 6.35. The second kappa shape index (κ2) is 3.71. The zero-order valence-corrected chi connectivity index (χ0v) is 9.33. The fourth-order valence-corrected chi connectivity index (χ4v) is 1.53. The van der Waals surface area contributed by atoms with Crippen molar-refractivity contribution in [2.45, 2.75) is 39.3 Å². The largest absolute Gasteiger partial charge is 0.384 e. The second-order valence-corrected chi connectivity index (χ2v) is 4.25. The van der Waals surface area contributed by atoms with Gasteiger partial charge >= 0.3 is 0 Å². The quantitative estimate of drug-likeness (QED) is 0.753. The molecule has 0 bridgehead atoms. The third kappa shape index (κ3) is 1.97. The molecule has 0 amide bonds. The van der Waals surface area contributed by atoms with Gasteiger partial charge in [-0.15, -0.1) is 0 Å². The van der Waals surface area contributed by atoms with E-state index in [4.69, 9.17) is 5.73 Å². The Labute approximate surface area is 85.8 Å². The predicted molar refractivity (Wildman–Crippen MR) is 59.1 cm³/mol. The molecule has 0 aromatic heterocycles. The summed E-state index contributed by atoms with van der Waals surface area (Å²) in [7, 11) is 0. The lowest BCUT2D eigenvalue weighted by Crippen LogP contribution is -2.41. The van der Waals surface area contributed by atoms with Gasteiger partial charge in [0.05, 0.1) is 0 Å². The van der Waals surface area contributed by atoms with Crippen LogP contribution in [-0.4, -0.2) is 11.1 Å². The molecule has 2 heteroatoms. The SMILES string of the molecule is Cc1ccc(C)c(C(C)(O)C(C)N)c1. The maximum Gasteiger partial charge on any atom is 0.102 e. The zero-order valence-electron chi connectivity index (χ0n) is 9.33. The molecule has 0 heterocycles. The van der Waals surface area contributed by atoms with Crippen LogP contribution < -0.4 is 5.73 Å². The molecule has 0 saturated carbocycles. The third-order valence-electron chi connectivity index (χ3n) is 2.83. The van der Waals surface area contributed by atoms with Crippen molar-refractivity contribution in [2.24, 2.45) is 5.73 Å². The first kappa shape index (κ1) is 11.2. The first-order valence-electron chi connectivity index (χ1n) is 4.91. The predicted octanol–water partition coefficient (Wildman–Crippen LogP) is 1.86. The number of hydrogen-bond acceptors (Lipinski definition) is 2. The molecule has 0 aliphatic carbocycles. The van der Waals surface area contributed by atoms with Crippen molar-refractivity contribution in [1.82, 2.24) is 0 Å². The van der Waals surface area contributed by atoms with Crippen LogP contribution in [-0.2, 0) is 5.60 Å². The lowest BCUT2D eigenvalue weighted by Gasteiger charge is -2.29. The van der Waals surface area contributed by atoms with Crippen LogP contribution in [0.5, 0.6) is 0 Å². The third-order valence-corrected chi connectivity index (χ3v) is 2.83. The summed E-state index contributed by atoms with van der Waals surface area (Å²) in [6, 6.07) is 5.78. The van der Waals surface area contributed by atoms with E-state index in [9.17, 15) is 5.11 Å². The van der Waals surface area contributed by atoms with Crippen molar-refractivity contribution in [3.05, 3.63) is 34.9 Å². The first-order valence-corrected chi connectivity index (χ1v) is 4.91. The molecule has 0 saturated heterocycles. The summed E-state index contributed by atoms with van der Waals surface area (Å²) in [6.45, 7) is 7.59. The van der Waals surface area contributed by atoms with E-state index in [1.807, 2.05) is 39.0 Å². The highest BCUT2D eigenvalue weighted by Gasteiger charge is 2.29. The van der Waals surface area contributed by atoms with Crippen molar-refractivity contribution < 1.29 is 5.11 Å². The topological polar surface area (TPSA) is 46.2 Å². The lowest BCUT2D eigenvalue weighted by atomic mass is 9.86. The molecule has 0 radical (unpaired) electrons. The van der Waals surface area contributed by atoms with Crippen LogP contribution in [0.2, 0.25) is 0 Å². The Morgan fingerprint density at radius 1 is 1.36 bits per heavy atom. The van der Waals surface area contributed by atoms with Crippen LogP contribution in [0.1, 0.15) is 30.5 Å². The monoisotopic (exact) mass is 193 g/mol. The van der Waals surface area contributed by atoms with Gasteiger partial charge in [-0.3, -0.25) is 0 Å². The van der Waals surface area contributed by atoms with E-state index >= 15 is 0 Å². The molecule has 0 fully saturated rings. The Kier molecular flexibility index (Phi) is 2.98. The van der Waals surface area contributed by atoms with Crippen molar-refractivity contribution in [3.8, 4) is 0 Å². The van der Waals surface area contributed by atoms with Gasteiger partial charge in [-0.05, 0) is 38.8 Å². The Morgan fingerprint density at radius 3 is 2.43 bits per heavy atom. The summed E-state index contributed by atoms with van der Waals surface area (Å²) in [5.74, 6) is 0. The van der Waals surface area contributed by atoms with Crippen molar-refractivity contribution >= 4 is 0 Å². The molecule has 1 rings (SSSR count). The van der Waals surface area contributed by atoms with Crippen LogP contribution in [0.3, 0.4) is 0 Å². The zero-order chi connectivity index (χ0) is 10.9. The van der Waals surface area contributed by atoms with Crippen molar-refractivity contribution in [1.29, 1.82) is 0 Å². The summed E-state index contributed by atoms with van der Waals surface area (Å²) in [4.78, 5) is 0. The molecule has 14 heavy (non-hydrogen) atoms. The number of benzene rings is 1. The van der Waals surface area contributed by atoms with Crippen LogP contribution in [0.4, 0.5) is 0 Å². The number of hydrogen-bond donors (Lipinski definition) is 2. The minimum Gasteiger partial charge on any atom is -0.384 e. The van der Waals surface area contributed by atoms with E-state index < -0.39 is 5.60 Å². The van der Waals surface area contributed by atoms with E-state index in [0.29, 0.717) is 0 Å². The Balaban J connectivity index is 3.24. The van der Waals surface area contributed by atoms with Gasteiger partial charge in [0.1, 0.15) is 5.60 Å². The van der Waals surface area contributed by atoms with Crippen LogP contribution >= 0.6 is 0 Å². The number of nitrogens with two attached hydrogens (primary N) is 1. The number of aryl methyl sites for hydroxylation is 2. The molecule has 0 aliphatic rings. The smallest absolute Gasteiger partial charge is 0.102 e. The van der Waals surface area contributed by atoms with Crippen LogP contribution in [0.25, 0.3) is 0 Å². The van der Waals surface area contributed by atoms with Crippen LogP contribution in [0.15, 0.2) is 18.2 Å².